The maximum atomic E-state index is 13.0. The third-order valence-corrected chi connectivity index (χ3v) is 7.19. The number of likely N-dealkylation sites (tertiary alicyclic amines) is 1. The summed E-state index contributed by atoms with van der Waals surface area (Å²) in [7, 11) is 2.69. The van der Waals surface area contributed by atoms with Crippen LogP contribution in [0.1, 0.15) is 74.3 Å². The average Bonchev–Trinajstić information content (AvgIpc) is 3.24. The summed E-state index contributed by atoms with van der Waals surface area (Å²) in [6.45, 7) is 9.36. The van der Waals surface area contributed by atoms with Crippen molar-refractivity contribution in [1.29, 1.82) is 0 Å². The lowest BCUT2D eigenvalue weighted by atomic mass is 9.91. The van der Waals surface area contributed by atoms with E-state index in [1.165, 1.54) is 0 Å². The number of aliphatic hydroxyl groups excluding tert-OH is 1. The van der Waals surface area contributed by atoms with Crippen LogP contribution in [0.4, 0.5) is 0 Å². The number of fused-ring (bicyclic) bond motifs is 2. The van der Waals surface area contributed by atoms with Crippen molar-refractivity contribution >= 4 is 25.5 Å². The molecule has 0 amide bonds. The van der Waals surface area contributed by atoms with Crippen molar-refractivity contribution in [3.8, 4) is 0 Å². The Morgan fingerprint density at radius 2 is 1.94 bits per heavy atom. The number of aryl methyl sites for hydroxylation is 1. The van der Waals surface area contributed by atoms with E-state index in [0.29, 0.717) is 31.1 Å². The number of hydrogen-bond donors (Lipinski definition) is 1. The highest BCUT2D eigenvalue weighted by molar-refractivity contribution is 7.27. The molecular formula is C25H35N4O3P. The van der Waals surface area contributed by atoms with Gasteiger partial charge in [-0.15, -0.1) is 9.24 Å². The standard InChI is InChI=1S/C23H29N4O3P.C2H6/c1-14-17(23(29)27-9-2-3-19(28)22(27)24-14)8-12-26-10-6-15(7-11-26)21-18-5-4-16(31)13-20(18)30-25-21;1-2/h4-5,13,15,19,28H,2-3,6-12,31H2,1H3;1-2H3. The molecule has 2 aliphatic rings. The SMILES string of the molecule is CC.Cc1nc2n(c(=O)c1CCN1CCC(c3noc4cc(P)ccc34)CC1)CCCC2O. The van der Waals surface area contributed by atoms with Crippen molar-refractivity contribution in [2.24, 2.45) is 0 Å². The van der Waals surface area contributed by atoms with Gasteiger partial charge >= 0.3 is 0 Å². The molecule has 2 unspecified atom stereocenters. The molecule has 0 bridgehead atoms. The highest BCUT2D eigenvalue weighted by Gasteiger charge is 2.26. The van der Waals surface area contributed by atoms with Crippen molar-refractivity contribution in [3.05, 3.63) is 51.3 Å². The van der Waals surface area contributed by atoms with Crippen LogP contribution in [0.3, 0.4) is 0 Å². The predicted octanol–water partition coefficient (Wildman–Crippen LogP) is 3.47. The molecule has 2 aromatic heterocycles. The molecule has 178 valence electrons. The summed E-state index contributed by atoms with van der Waals surface area (Å²) in [4.78, 5) is 20.0. The van der Waals surface area contributed by atoms with Gasteiger partial charge in [-0.25, -0.2) is 4.98 Å². The number of benzene rings is 1. The topological polar surface area (TPSA) is 84.4 Å². The molecule has 0 radical (unpaired) electrons. The van der Waals surface area contributed by atoms with E-state index in [1.807, 2.05) is 26.8 Å². The summed E-state index contributed by atoms with van der Waals surface area (Å²) in [6, 6.07) is 6.19. The largest absolute Gasteiger partial charge is 0.385 e. The first-order valence-corrected chi connectivity index (χ1v) is 12.7. The lowest BCUT2D eigenvalue weighted by Crippen LogP contribution is -2.37. The van der Waals surface area contributed by atoms with Gasteiger partial charge in [-0.1, -0.05) is 25.1 Å². The molecule has 5 rings (SSSR count). The monoisotopic (exact) mass is 470 g/mol. The van der Waals surface area contributed by atoms with E-state index in [9.17, 15) is 9.90 Å². The van der Waals surface area contributed by atoms with E-state index in [-0.39, 0.29) is 5.56 Å². The van der Waals surface area contributed by atoms with Crippen LogP contribution in [-0.2, 0) is 13.0 Å². The quantitative estimate of drug-likeness (QED) is 0.588. The summed E-state index contributed by atoms with van der Waals surface area (Å²) in [5.74, 6) is 0.944. The van der Waals surface area contributed by atoms with Gasteiger partial charge in [0.15, 0.2) is 5.58 Å². The Morgan fingerprint density at radius 3 is 2.70 bits per heavy atom. The number of aromatic nitrogens is 3. The van der Waals surface area contributed by atoms with Gasteiger partial charge in [0.25, 0.3) is 5.56 Å². The molecule has 8 heteroatoms. The molecule has 0 spiro atoms. The van der Waals surface area contributed by atoms with Gasteiger partial charge < -0.3 is 14.5 Å². The van der Waals surface area contributed by atoms with Crippen molar-refractivity contribution < 1.29 is 9.63 Å². The first-order chi connectivity index (χ1) is 16.0. The van der Waals surface area contributed by atoms with E-state index in [0.717, 1.165) is 72.1 Å². The van der Waals surface area contributed by atoms with E-state index in [1.54, 1.807) is 4.57 Å². The van der Waals surface area contributed by atoms with Crippen LogP contribution in [0.5, 0.6) is 0 Å². The van der Waals surface area contributed by atoms with Crippen molar-refractivity contribution in [2.75, 3.05) is 19.6 Å². The Bertz CT molecular complexity index is 1160. The second-order valence-corrected chi connectivity index (χ2v) is 9.50. The molecule has 0 aliphatic carbocycles. The minimum absolute atomic E-state index is 0.0265. The van der Waals surface area contributed by atoms with Gasteiger partial charge in [0.05, 0.1) is 5.69 Å². The highest BCUT2D eigenvalue weighted by Crippen LogP contribution is 2.32. The maximum Gasteiger partial charge on any atom is 0.257 e. The Labute approximate surface area is 197 Å². The minimum atomic E-state index is -0.622. The Hall–Kier alpha value is -2.08. The van der Waals surface area contributed by atoms with Crippen LogP contribution in [-0.4, -0.2) is 44.3 Å². The third kappa shape index (κ3) is 4.91. The van der Waals surface area contributed by atoms with Crippen molar-refractivity contribution in [3.63, 3.8) is 0 Å². The molecule has 2 atom stereocenters. The zero-order chi connectivity index (χ0) is 23.5. The molecule has 4 heterocycles. The van der Waals surface area contributed by atoms with Gasteiger partial charge in [0.2, 0.25) is 0 Å². The van der Waals surface area contributed by atoms with Crippen LogP contribution < -0.4 is 10.9 Å². The van der Waals surface area contributed by atoms with Gasteiger partial charge in [-0.05, 0) is 69.6 Å². The zero-order valence-electron chi connectivity index (χ0n) is 19.9. The molecule has 1 fully saturated rings. The number of nitrogens with zero attached hydrogens (tertiary/aromatic N) is 4. The number of piperidine rings is 1. The first kappa shape index (κ1) is 24.1. The van der Waals surface area contributed by atoms with E-state index in [2.05, 4.69) is 36.4 Å². The molecule has 7 nitrogen and oxygen atoms in total. The fraction of sp³-hybridized carbons (Fsp3) is 0.560. The Morgan fingerprint density at radius 1 is 1.18 bits per heavy atom. The summed E-state index contributed by atoms with van der Waals surface area (Å²) in [6.07, 6.45) is 3.65. The van der Waals surface area contributed by atoms with Crippen LogP contribution >= 0.6 is 9.24 Å². The van der Waals surface area contributed by atoms with E-state index < -0.39 is 6.10 Å². The Balaban J connectivity index is 0.00000126. The lowest BCUT2D eigenvalue weighted by Gasteiger charge is -2.31. The zero-order valence-corrected chi connectivity index (χ0v) is 21.0. The summed E-state index contributed by atoms with van der Waals surface area (Å²) < 4.78 is 7.24. The molecule has 0 saturated carbocycles. The molecule has 3 aromatic rings. The molecule has 1 N–H and O–H groups in total. The van der Waals surface area contributed by atoms with Gasteiger partial charge in [-0.3, -0.25) is 9.36 Å². The Kier molecular flexibility index (Phi) is 7.62. The fourth-order valence-electron chi connectivity index (χ4n) is 5.02. The molecule has 1 saturated heterocycles. The normalized spacial score (nSPS) is 19.2. The first-order valence-electron chi connectivity index (χ1n) is 12.2. The van der Waals surface area contributed by atoms with Crippen molar-refractivity contribution in [2.45, 2.75) is 71.4 Å². The minimum Gasteiger partial charge on any atom is -0.385 e. The van der Waals surface area contributed by atoms with Gasteiger partial charge in [0.1, 0.15) is 11.9 Å². The van der Waals surface area contributed by atoms with Crippen LogP contribution in [0.15, 0.2) is 27.5 Å². The summed E-state index contributed by atoms with van der Waals surface area (Å²) in [5, 5.41) is 16.8. The van der Waals surface area contributed by atoms with Gasteiger partial charge in [-0.2, -0.15) is 0 Å². The smallest absolute Gasteiger partial charge is 0.257 e. The molecule has 1 aromatic carbocycles. The average molecular weight is 471 g/mol. The molecular weight excluding hydrogens is 435 g/mol. The van der Waals surface area contributed by atoms with E-state index >= 15 is 0 Å². The molecule has 33 heavy (non-hydrogen) atoms. The maximum absolute atomic E-state index is 13.0. The predicted molar refractivity (Wildman–Crippen MR) is 134 cm³/mol. The fourth-order valence-corrected chi connectivity index (χ4v) is 5.27. The number of hydrogen-bond acceptors (Lipinski definition) is 6. The van der Waals surface area contributed by atoms with Crippen LogP contribution in [0.25, 0.3) is 11.0 Å². The summed E-state index contributed by atoms with van der Waals surface area (Å²) >= 11 is 0. The second-order valence-electron chi connectivity index (χ2n) is 8.84. The lowest BCUT2D eigenvalue weighted by molar-refractivity contribution is 0.129. The van der Waals surface area contributed by atoms with Gasteiger partial charge in [0, 0.05) is 35.7 Å². The third-order valence-electron chi connectivity index (χ3n) is 6.83. The highest BCUT2D eigenvalue weighted by atomic mass is 31.0. The van der Waals surface area contributed by atoms with Crippen LogP contribution in [0.2, 0.25) is 0 Å². The molecule has 2 aliphatic heterocycles. The summed E-state index contributed by atoms with van der Waals surface area (Å²) in [5.41, 5.74) is 3.50. The van der Waals surface area contributed by atoms with E-state index in [4.69, 9.17) is 4.52 Å². The van der Waals surface area contributed by atoms with Crippen LogP contribution in [0, 0.1) is 6.92 Å². The second kappa shape index (κ2) is 10.5. The number of rotatable bonds is 4. The number of aliphatic hydroxyl groups is 1. The van der Waals surface area contributed by atoms with Crippen molar-refractivity contribution in [1.82, 2.24) is 19.6 Å².